The van der Waals surface area contributed by atoms with E-state index >= 15 is 0 Å². The minimum Gasteiger partial charge on any atom is -0.497 e. The highest BCUT2D eigenvalue weighted by atomic mass is 16.5. The Balaban J connectivity index is 1.58. The van der Waals surface area contributed by atoms with Crippen molar-refractivity contribution in [1.29, 1.82) is 0 Å². The van der Waals surface area contributed by atoms with Gasteiger partial charge in [-0.1, -0.05) is 12.1 Å². The van der Waals surface area contributed by atoms with Crippen LogP contribution < -0.4 is 14.2 Å². The van der Waals surface area contributed by atoms with Crippen molar-refractivity contribution >= 4 is 11.8 Å². The summed E-state index contributed by atoms with van der Waals surface area (Å²) in [7, 11) is 4.75. The molecule has 2 aromatic carbocycles. The SMILES string of the molecule is COc1ccc(CCC(=O)N2CCCN(C(=O)c3cc(OC)ccc3OC)CC2)cc1. The predicted octanol–water partition coefficient (Wildman–Crippen LogP) is 3.02. The summed E-state index contributed by atoms with van der Waals surface area (Å²) < 4.78 is 15.8. The Hall–Kier alpha value is -3.22. The van der Waals surface area contributed by atoms with Crippen LogP contribution in [0.4, 0.5) is 0 Å². The highest BCUT2D eigenvalue weighted by Gasteiger charge is 2.25. The van der Waals surface area contributed by atoms with Gasteiger partial charge in [-0.05, 0) is 48.7 Å². The van der Waals surface area contributed by atoms with Crippen LogP contribution in [0, 0.1) is 0 Å². The lowest BCUT2D eigenvalue weighted by molar-refractivity contribution is -0.131. The minimum atomic E-state index is -0.108. The van der Waals surface area contributed by atoms with Gasteiger partial charge in [0.15, 0.2) is 0 Å². The van der Waals surface area contributed by atoms with E-state index in [-0.39, 0.29) is 11.8 Å². The van der Waals surface area contributed by atoms with Gasteiger partial charge in [0.25, 0.3) is 5.91 Å². The number of hydrogen-bond donors (Lipinski definition) is 0. The smallest absolute Gasteiger partial charge is 0.257 e. The fraction of sp³-hybridized carbons (Fsp3) is 0.417. The molecule has 166 valence electrons. The molecule has 0 radical (unpaired) electrons. The Morgan fingerprint density at radius 1 is 0.806 bits per heavy atom. The van der Waals surface area contributed by atoms with Gasteiger partial charge in [0.05, 0.1) is 26.9 Å². The molecule has 0 atom stereocenters. The van der Waals surface area contributed by atoms with E-state index in [9.17, 15) is 9.59 Å². The molecule has 0 spiro atoms. The van der Waals surface area contributed by atoms with Gasteiger partial charge in [-0.3, -0.25) is 9.59 Å². The molecule has 2 aromatic rings. The van der Waals surface area contributed by atoms with Crippen LogP contribution in [-0.4, -0.2) is 69.1 Å². The van der Waals surface area contributed by atoms with Crippen LogP contribution in [0.2, 0.25) is 0 Å². The van der Waals surface area contributed by atoms with Crippen LogP contribution in [0.3, 0.4) is 0 Å². The summed E-state index contributed by atoms with van der Waals surface area (Å²) in [6.07, 6.45) is 1.87. The summed E-state index contributed by atoms with van der Waals surface area (Å²) in [5.74, 6) is 1.93. The number of amides is 2. The predicted molar refractivity (Wildman–Crippen MR) is 118 cm³/mol. The third-order valence-electron chi connectivity index (χ3n) is 5.56. The van der Waals surface area contributed by atoms with Gasteiger partial charge in [0.1, 0.15) is 17.2 Å². The zero-order valence-corrected chi connectivity index (χ0v) is 18.4. The maximum absolute atomic E-state index is 13.1. The average Bonchev–Trinajstić information content (AvgIpc) is 3.08. The van der Waals surface area contributed by atoms with Crippen LogP contribution in [0.25, 0.3) is 0 Å². The van der Waals surface area contributed by atoms with E-state index in [4.69, 9.17) is 14.2 Å². The average molecular weight is 427 g/mol. The first-order chi connectivity index (χ1) is 15.0. The number of carbonyl (C=O) groups excluding carboxylic acids is 2. The van der Waals surface area contributed by atoms with E-state index in [2.05, 4.69) is 0 Å². The van der Waals surface area contributed by atoms with Crippen molar-refractivity contribution in [3.63, 3.8) is 0 Å². The third-order valence-corrected chi connectivity index (χ3v) is 5.56. The summed E-state index contributed by atoms with van der Waals surface area (Å²) >= 11 is 0. The maximum atomic E-state index is 13.1. The number of benzene rings is 2. The molecule has 0 saturated carbocycles. The van der Waals surface area contributed by atoms with Gasteiger partial charge < -0.3 is 24.0 Å². The lowest BCUT2D eigenvalue weighted by atomic mass is 10.1. The number of rotatable bonds is 7. The molecule has 31 heavy (non-hydrogen) atoms. The molecule has 1 aliphatic heterocycles. The maximum Gasteiger partial charge on any atom is 0.257 e. The first-order valence-electron chi connectivity index (χ1n) is 10.5. The molecule has 0 bridgehead atoms. The van der Waals surface area contributed by atoms with Crippen LogP contribution in [0.1, 0.15) is 28.8 Å². The molecule has 2 amide bonds. The molecular weight excluding hydrogens is 396 g/mol. The molecule has 0 aliphatic carbocycles. The second-order valence-corrected chi connectivity index (χ2v) is 7.44. The number of methoxy groups -OCH3 is 3. The molecule has 1 fully saturated rings. The molecule has 0 unspecified atom stereocenters. The first kappa shape index (κ1) is 22.5. The largest absolute Gasteiger partial charge is 0.497 e. The Labute approximate surface area is 183 Å². The minimum absolute atomic E-state index is 0.108. The highest BCUT2D eigenvalue weighted by molar-refractivity contribution is 5.97. The van der Waals surface area contributed by atoms with E-state index in [1.807, 2.05) is 29.2 Å². The van der Waals surface area contributed by atoms with E-state index in [0.717, 1.165) is 17.7 Å². The topological polar surface area (TPSA) is 68.3 Å². The standard InChI is InChI=1S/C24H30N2O5/c1-29-19-8-5-18(6-9-19)7-12-23(27)25-13-4-14-26(16-15-25)24(28)21-17-20(30-2)10-11-22(21)31-3/h5-6,8-11,17H,4,7,12-16H2,1-3H3. The second-order valence-electron chi connectivity index (χ2n) is 7.44. The monoisotopic (exact) mass is 426 g/mol. The molecule has 3 rings (SSSR count). The van der Waals surface area contributed by atoms with Crippen LogP contribution in [-0.2, 0) is 11.2 Å². The highest BCUT2D eigenvalue weighted by Crippen LogP contribution is 2.26. The third kappa shape index (κ3) is 5.69. The van der Waals surface area contributed by atoms with Crippen molar-refractivity contribution in [3.05, 3.63) is 53.6 Å². The molecule has 1 saturated heterocycles. The van der Waals surface area contributed by atoms with E-state index in [1.165, 1.54) is 0 Å². The Morgan fingerprint density at radius 2 is 1.45 bits per heavy atom. The lowest BCUT2D eigenvalue weighted by Gasteiger charge is -2.23. The van der Waals surface area contributed by atoms with E-state index in [0.29, 0.717) is 56.1 Å². The van der Waals surface area contributed by atoms with Crippen LogP contribution in [0.15, 0.2) is 42.5 Å². The number of hydrogen-bond acceptors (Lipinski definition) is 5. The van der Waals surface area contributed by atoms with Crippen molar-refractivity contribution in [2.24, 2.45) is 0 Å². The van der Waals surface area contributed by atoms with Gasteiger partial charge in [0.2, 0.25) is 5.91 Å². The molecule has 1 heterocycles. The van der Waals surface area contributed by atoms with Gasteiger partial charge in [-0.25, -0.2) is 0 Å². The summed E-state index contributed by atoms with van der Waals surface area (Å²) in [6.45, 7) is 2.27. The number of aryl methyl sites for hydroxylation is 1. The second kappa shape index (κ2) is 10.7. The van der Waals surface area contributed by atoms with Gasteiger partial charge in [0, 0.05) is 32.6 Å². The number of ether oxygens (including phenoxy) is 3. The molecule has 0 aromatic heterocycles. The van der Waals surface area contributed by atoms with Crippen LogP contribution >= 0.6 is 0 Å². The Morgan fingerprint density at radius 3 is 2.13 bits per heavy atom. The molecule has 1 aliphatic rings. The van der Waals surface area contributed by atoms with Crippen LogP contribution in [0.5, 0.6) is 17.2 Å². The van der Waals surface area contributed by atoms with Crippen molar-refractivity contribution in [2.45, 2.75) is 19.3 Å². The summed E-state index contributed by atoms with van der Waals surface area (Å²) in [4.78, 5) is 29.5. The fourth-order valence-corrected chi connectivity index (χ4v) is 3.72. The summed E-state index contributed by atoms with van der Waals surface area (Å²) in [5, 5.41) is 0. The molecule has 7 heteroatoms. The number of carbonyl (C=O) groups is 2. The van der Waals surface area contributed by atoms with Gasteiger partial charge in [-0.15, -0.1) is 0 Å². The Bertz CT molecular complexity index is 897. The first-order valence-corrected chi connectivity index (χ1v) is 10.5. The zero-order chi connectivity index (χ0) is 22.2. The fourth-order valence-electron chi connectivity index (χ4n) is 3.72. The zero-order valence-electron chi connectivity index (χ0n) is 18.4. The lowest BCUT2D eigenvalue weighted by Crippen LogP contribution is -2.37. The summed E-state index contributed by atoms with van der Waals surface area (Å²) in [5.41, 5.74) is 1.58. The molecule has 7 nitrogen and oxygen atoms in total. The van der Waals surface area contributed by atoms with Gasteiger partial charge in [-0.2, -0.15) is 0 Å². The normalized spacial score (nSPS) is 14.0. The van der Waals surface area contributed by atoms with E-state index in [1.54, 1.807) is 44.4 Å². The quantitative estimate of drug-likeness (QED) is 0.681. The summed E-state index contributed by atoms with van der Waals surface area (Å²) in [6, 6.07) is 13.0. The molecular formula is C24H30N2O5. The van der Waals surface area contributed by atoms with Crippen molar-refractivity contribution in [2.75, 3.05) is 47.5 Å². The Kier molecular flexibility index (Phi) is 7.76. The van der Waals surface area contributed by atoms with E-state index < -0.39 is 0 Å². The van der Waals surface area contributed by atoms with Crippen molar-refractivity contribution in [1.82, 2.24) is 9.80 Å². The molecule has 0 N–H and O–H groups in total. The van der Waals surface area contributed by atoms with Gasteiger partial charge >= 0.3 is 0 Å². The number of nitrogens with zero attached hydrogens (tertiary/aromatic N) is 2. The van der Waals surface area contributed by atoms with Crippen molar-refractivity contribution in [3.8, 4) is 17.2 Å². The van der Waals surface area contributed by atoms with Crippen molar-refractivity contribution < 1.29 is 23.8 Å².